The third-order valence-corrected chi connectivity index (χ3v) is 2.27. The number of halogens is 1. The Bertz CT molecular complexity index is 489. The largest absolute Gasteiger partial charge is 0.452 e. The minimum Gasteiger partial charge on any atom is -0.452 e. The average Bonchev–Trinajstić information content (AvgIpc) is 2.36. The highest BCUT2D eigenvalue weighted by Gasteiger charge is 2.14. The smallest absolute Gasteiger partial charge is 0.413 e. The van der Waals surface area contributed by atoms with Gasteiger partial charge in [0.2, 0.25) is 0 Å². The van der Waals surface area contributed by atoms with Crippen LogP contribution in [-0.2, 0) is 14.3 Å². The SMILES string of the molecule is CCOC(=O)NC(=O)COC(=O)c1ccccc1Cl. The molecule has 0 fully saturated rings. The van der Waals surface area contributed by atoms with E-state index in [1.165, 1.54) is 12.1 Å². The van der Waals surface area contributed by atoms with Gasteiger partial charge in [0.1, 0.15) is 0 Å². The van der Waals surface area contributed by atoms with Crippen molar-refractivity contribution in [3.05, 3.63) is 34.9 Å². The third-order valence-electron chi connectivity index (χ3n) is 1.95. The van der Waals surface area contributed by atoms with E-state index in [-0.39, 0.29) is 17.2 Å². The monoisotopic (exact) mass is 285 g/mol. The van der Waals surface area contributed by atoms with Crippen LogP contribution in [0.1, 0.15) is 17.3 Å². The first-order valence-electron chi connectivity index (χ1n) is 5.42. The number of nitrogens with one attached hydrogen (secondary N) is 1. The Kier molecular flexibility index (Phi) is 5.81. The lowest BCUT2D eigenvalue weighted by Crippen LogP contribution is -2.34. The predicted molar refractivity (Wildman–Crippen MR) is 66.9 cm³/mol. The van der Waals surface area contributed by atoms with E-state index in [1.807, 2.05) is 5.32 Å². The number of hydrogen-bond acceptors (Lipinski definition) is 5. The molecule has 0 saturated heterocycles. The first-order valence-corrected chi connectivity index (χ1v) is 5.80. The highest BCUT2D eigenvalue weighted by Crippen LogP contribution is 2.15. The average molecular weight is 286 g/mol. The summed E-state index contributed by atoms with van der Waals surface area (Å²) in [5.41, 5.74) is 0.146. The fraction of sp³-hybridized carbons (Fsp3) is 0.250. The predicted octanol–water partition coefficient (Wildman–Crippen LogP) is 1.77. The van der Waals surface area contributed by atoms with Gasteiger partial charge < -0.3 is 9.47 Å². The van der Waals surface area contributed by atoms with Crippen LogP contribution >= 0.6 is 11.6 Å². The van der Waals surface area contributed by atoms with Crippen molar-refractivity contribution in [2.45, 2.75) is 6.92 Å². The van der Waals surface area contributed by atoms with Crippen molar-refractivity contribution < 1.29 is 23.9 Å². The summed E-state index contributed by atoms with van der Waals surface area (Å²) in [6, 6.07) is 6.26. The Morgan fingerprint density at radius 3 is 2.53 bits per heavy atom. The van der Waals surface area contributed by atoms with Gasteiger partial charge in [-0.05, 0) is 19.1 Å². The number of carbonyl (C=O) groups is 3. The lowest BCUT2D eigenvalue weighted by molar-refractivity contribution is -0.123. The van der Waals surface area contributed by atoms with Crippen molar-refractivity contribution >= 4 is 29.6 Å². The minimum absolute atomic E-state index is 0.137. The lowest BCUT2D eigenvalue weighted by atomic mass is 10.2. The zero-order valence-electron chi connectivity index (χ0n) is 10.1. The van der Waals surface area contributed by atoms with Crippen molar-refractivity contribution in [1.29, 1.82) is 0 Å². The van der Waals surface area contributed by atoms with E-state index in [0.717, 1.165) is 0 Å². The number of carbonyl (C=O) groups excluding carboxylic acids is 3. The molecule has 1 N–H and O–H groups in total. The summed E-state index contributed by atoms with van der Waals surface area (Å²) in [5.74, 6) is -1.52. The molecule has 0 aliphatic carbocycles. The quantitative estimate of drug-likeness (QED) is 0.853. The van der Waals surface area contributed by atoms with Gasteiger partial charge in [-0.25, -0.2) is 9.59 Å². The molecular weight excluding hydrogens is 274 g/mol. The summed E-state index contributed by atoms with van der Waals surface area (Å²) in [4.78, 5) is 33.7. The Morgan fingerprint density at radius 2 is 1.89 bits per heavy atom. The zero-order chi connectivity index (χ0) is 14.3. The molecule has 0 aromatic heterocycles. The molecule has 0 heterocycles. The van der Waals surface area contributed by atoms with Crippen LogP contribution in [0.2, 0.25) is 5.02 Å². The van der Waals surface area contributed by atoms with Crippen LogP contribution in [0.15, 0.2) is 24.3 Å². The van der Waals surface area contributed by atoms with Crippen LogP contribution in [0, 0.1) is 0 Å². The summed E-state index contributed by atoms with van der Waals surface area (Å²) in [5, 5.41) is 2.11. The highest BCUT2D eigenvalue weighted by atomic mass is 35.5. The van der Waals surface area contributed by atoms with E-state index in [0.29, 0.717) is 0 Å². The van der Waals surface area contributed by atoms with Crippen molar-refractivity contribution in [1.82, 2.24) is 5.32 Å². The number of esters is 1. The molecule has 0 bridgehead atoms. The van der Waals surface area contributed by atoms with Gasteiger partial charge in [-0.1, -0.05) is 23.7 Å². The number of alkyl carbamates (subject to hydrolysis) is 1. The van der Waals surface area contributed by atoms with E-state index >= 15 is 0 Å². The van der Waals surface area contributed by atoms with E-state index in [2.05, 4.69) is 4.74 Å². The maximum atomic E-state index is 11.6. The van der Waals surface area contributed by atoms with Crippen LogP contribution in [0.3, 0.4) is 0 Å². The highest BCUT2D eigenvalue weighted by molar-refractivity contribution is 6.33. The van der Waals surface area contributed by atoms with E-state index < -0.39 is 24.6 Å². The summed E-state index contributed by atoms with van der Waals surface area (Å²) in [6.45, 7) is 1.14. The van der Waals surface area contributed by atoms with Gasteiger partial charge in [-0.15, -0.1) is 0 Å². The van der Waals surface area contributed by atoms with Gasteiger partial charge >= 0.3 is 12.1 Å². The van der Waals surface area contributed by atoms with Gasteiger partial charge in [0.15, 0.2) is 6.61 Å². The number of ether oxygens (including phenoxy) is 2. The van der Waals surface area contributed by atoms with Gasteiger partial charge in [0.05, 0.1) is 17.2 Å². The fourth-order valence-corrected chi connectivity index (χ4v) is 1.37. The third kappa shape index (κ3) is 4.97. The number of benzene rings is 1. The lowest BCUT2D eigenvalue weighted by Gasteiger charge is -2.06. The van der Waals surface area contributed by atoms with E-state index in [9.17, 15) is 14.4 Å². The first kappa shape index (κ1) is 15.0. The van der Waals surface area contributed by atoms with Crippen LogP contribution in [0.4, 0.5) is 4.79 Å². The second-order valence-corrected chi connectivity index (χ2v) is 3.73. The van der Waals surface area contributed by atoms with Crippen molar-refractivity contribution in [2.75, 3.05) is 13.2 Å². The molecule has 1 rings (SSSR count). The molecular formula is C12H12ClNO5. The molecule has 0 aliphatic heterocycles. The molecule has 1 aromatic rings. The number of hydrogen-bond donors (Lipinski definition) is 1. The molecule has 6 nitrogen and oxygen atoms in total. The summed E-state index contributed by atoms with van der Waals surface area (Å²) in [7, 11) is 0. The molecule has 0 radical (unpaired) electrons. The maximum Gasteiger partial charge on any atom is 0.413 e. The topological polar surface area (TPSA) is 81.7 Å². The molecule has 0 aliphatic rings. The van der Waals surface area contributed by atoms with Crippen molar-refractivity contribution in [2.24, 2.45) is 0 Å². The van der Waals surface area contributed by atoms with Crippen molar-refractivity contribution in [3.63, 3.8) is 0 Å². The number of amides is 2. The Labute approximate surface area is 114 Å². The van der Waals surface area contributed by atoms with Gasteiger partial charge in [0.25, 0.3) is 5.91 Å². The molecule has 19 heavy (non-hydrogen) atoms. The van der Waals surface area contributed by atoms with Crippen LogP contribution in [-0.4, -0.2) is 31.2 Å². The van der Waals surface area contributed by atoms with Gasteiger partial charge in [-0.3, -0.25) is 10.1 Å². The molecule has 0 saturated carbocycles. The second-order valence-electron chi connectivity index (χ2n) is 3.32. The first-order chi connectivity index (χ1) is 9.04. The Morgan fingerprint density at radius 1 is 1.21 bits per heavy atom. The van der Waals surface area contributed by atoms with Gasteiger partial charge in [-0.2, -0.15) is 0 Å². The molecule has 7 heteroatoms. The van der Waals surface area contributed by atoms with E-state index in [4.69, 9.17) is 16.3 Å². The Balaban J connectivity index is 2.45. The number of imide groups is 1. The zero-order valence-corrected chi connectivity index (χ0v) is 10.9. The van der Waals surface area contributed by atoms with Gasteiger partial charge in [0, 0.05) is 0 Å². The van der Waals surface area contributed by atoms with Crippen molar-refractivity contribution in [3.8, 4) is 0 Å². The second kappa shape index (κ2) is 7.38. The summed E-state index contributed by atoms with van der Waals surface area (Å²) < 4.78 is 9.20. The molecule has 0 spiro atoms. The minimum atomic E-state index is -0.888. The molecule has 0 unspecified atom stereocenters. The fourth-order valence-electron chi connectivity index (χ4n) is 1.15. The van der Waals surface area contributed by atoms with Crippen LogP contribution in [0.5, 0.6) is 0 Å². The molecule has 0 atom stereocenters. The van der Waals surface area contributed by atoms with Crippen LogP contribution < -0.4 is 5.32 Å². The standard InChI is InChI=1S/C12H12ClNO5/c1-2-18-12(17)14-10(15)7-19-11(16)8-5-3-4-6-9(8)13/h3-6H,2,7H2,1H3,(H,14,15,17). The van der Waals surface area contributed by atoms with E-state index in [1.54, 1.807) is 19.1 Å². The molecule has 1 aromatic carbocycles. The normalized spacial score (nSPS) is 9.58. The summed E-state index contributed by atoms with van der Waals surface area (Å²) >= 11 is 5.78. The molecule has 2 amide bonds. The maximum absolute atomic E-state index is 11.6. The summed E-state index contributed by atoms with van der Waals surface area (Å²) in [6.07, 6.45) is -0.888. The number of rotatable bonds is 4. The van der Waals surface area contributed by atoms with Crippen LogP contribution in [0.25, 0.3) is 0 Å². The Hall–Kier alpha value is -2.08. The molecule has 102 valence electrons.